The van der Waals surface area contributed by atoms with E-state index in [1.165, 1.54) is 38.5 Å². The van der Waals surface area contributed by atoms with Crippen LogP contribution in [0.25, 0.3) is 0 Å². The lowest BCUT2D eigenvalue weighted by Crippen LogP contribution is -2.35. The molecule has 3 saturated carbocycles. The maximum Gasteiger partial charge on any atom is 0.393 e. The van der Waals surface area contributed by atoms with Crippen molar-refractivity contribution in [3.63, 3.8) is 0 Å². The SMILES string of the molecule is CCCCCCOC1CCC(C#CC2CCC(C#CC3CCC(OCCCCCC)CC3)C(C(F)(F)F)C2)CC1. The fourth-order valence-electron chi connectivity index (χ4n) is 6.60. The van der Waals surface area contributed by atoms with Gasteiger partial charge in [0.1, 0.15) is 0 Å². The van der Waals surface area contributed by atoms with Crippen molar-refractivity contribution in [2.24, 2.45) is 29.6 Å². The van der Waals surface area contributed by atoms with E-state index in [1.807, 2.05) is 0 Å². The first-order valence-electron chi connectivity index (χ1n) is 16.7. The van der Waals surface area contributed by atoms with Crippen LogP contribution in [0.2, 0.25) is 0 Å². The normalized spacial score (nSPS) is 31.1. The molecule has 3 atom stereocenters. The quantitative estimate of drug-likeness (QED) is 0.173. The predicted molar refractivity (Wildman–Crippen MR) is 158 cm³/mol. The van der Waals surface area contributed by atoms with Gasteiger partial charge in [-0.3, -0.25) is 0 Å². The van der Waals surface area contributed by atoms with Gasteiger partial charge in [-0.05, 0) is 83.5 Å². The maximum atomic E-state index is 14.0. The van der Waals surface area contributed by atoms with Gasteiger partial charge < -0.3 is 9.47 Å². The molecule has 0 aliphatic heterocycles. The van der Waals surface area contributed by atoms with Gasteiger partial charge in [-0.2, -0.15) is 13.2 Å². The highest BCUT2D eigenvalue weighted by Gasteiger charge is 2.47. The number of hydrogen-bond donors (Lipinski definition) is 0. The lowest BCUT2D eigenvalue weighted by Gasteiger charge is -2.33. The summed E-state index contributed by atoms with van der Waals surface area (Å²) in [6.45, 7) is 6.10. The second kappa shape index (κ2) is 18.4. The molecule has 40 heavy (non-hydrogen) atoms. The smallest absolute Gasteiger partial charge is 0.378 e. The number of hydrogen-bond acceptors (Lipinski definition) is 2. The minimum absolute atomic E-state index is 0.102. The molecular weight excluding hydrogens is 509 g/mol. The van der Waals surface area contributed by atoms with E-state index in [-0.39, 0.29) is 18.3 Å². The third-order valence-electron chi connectivity index (χ3n) is 9.29. The van der Waals surface area contributed by atoms with Crippen molar-refractivity contribution >= 4 is 0 Å². The zero-order valence-corrected chi connectivity index (χ0v) is 25.3. The lowest BCUT2D eigenvalue weighted by molar-refractivity contribution is -0.192. The summed E-state index contributed by atoms with van der Waals surface area (Å²) in [6, 6.07) is 0. The van der Waals surface area contributed by atoms with Crippen LogP contribution in [0.15, 0.2) is 0 Å². The molecule has 5 heteroatoms. The van der Waals surface area contributed by atoms with Gasteiger partial charge >= 0.3 is 6.18 Å². The summed E-state index contributed by atoms with van der Waals surface area (Å²) < 4.78 is 54.2. The van der Waals surface area contributed by atoms with Gasteiger partial charge in [-0.1, -0.05) is 76.1 Å². The van der Waals surface area contributed by atoms with Crippen LogP contribution >= 0.6 is 0 Å². The third kappa shape index (κ3) is 12.4. The first-order valence-corrected chi connectivity index (χ1v) is 16.7. The van der Waals surface area contributed by atoms with Crippen LogP contribution in [-0.2, 0) is 9.47 Å². The molecule has 2 nitrogen and oxygen atoms in total. The standard InChI is InChI=1S/C35H55F3O2/c1-3-5-7-9-25-39-32-21-15-28(16-22-32)11-12-30-14-20-31(34(27-30)35(36,37)38)19-13-29-17-23-33(24-18-29)40-26-10-8-6-4-2/h28-34H,3-10,14-18,20-27H2,1-2H3. The first kappa shape index (κ1) is 33.3. The van der Waals surface area contributed by atoms with Crippen LogP contribution in [0, 0.1) is 53.3 Å². The largest absolute Gasteiger partial charge is 0.393 e. The highest BCUT2D eigenvalue weighted by molar-refractivity contribution is 5.15. The van der Waals surface area contributed by atoms with Crippen molar-refractivity contribution in [3.05, 3.63) is 0 Å². The Hall–Kier alpha value is -1.17. The Morgan fingerprint density at radius 1 is 0.550 bits per heavy atom. The van der Waals surface area contributed by atoms with Crippen molar-refractivity contribution in [2.45, 2.75) is 154 Å². The molecule has 3 fully saturated rings. The molecule has 0 radical (unpaired) electrons. The van der Waals surface area contributed by atoms with Gasteiger partial charge in [-0.15, -0.1) is 0 Å². The Balaban J connectivity index is 1.40. The number of unbranched alkanes of at least 4 members (excludes halogenated alkanes) is 6. The van der Waals surface area contributed by atoms with E-state index in [9.17, 15) is 13.2 Å². The summed E-state index contributed by atoms with van der Waals surface area (Å²) in [7, 11) is 0. The van der Waals surface area contributed by atoms with Crippen LogP contribution in [-0.4, -0.2) is 31.6 Å². The van der Waals surface area contributed by atoms with E-state index in [0.29, 0.717) is 24.5 Å². The third-order valence-corrected chi connectivity index (χ3v) is 9.29. The summed E-state index contributed by atoms with van der Waals surface area (Å²) in [4.78, 5) is 0. The Kier molecular flexibility index (Phi) is 15.3. The molecule has 3 rings (SSSR count). The van der Waals surface area contributed by atoms with Crippen LogP contribution in [0.4, 0.5) is 13.2 Å². The molecule has 3 aliphatic rings. The van der Waals surface area contributed by atoms with Crippen molar-refractivity contribution in [1.82, 2.24) is 0 Å². The molecular formula is C35H55F3O2. The van der Waals surface area contributed by atoms with Gasteiger partial charge in [0.25, 0.3) is 0 Å². The van der Waals surface area contributed by atoms with Crippen LogP contribution in [0.5, 0.6) is 0 Å². The fourth-order valence-corrected chi connectivity index (χ4v) is 6.60. The van der Waals surface area contributed by atoms with E-state index in [4.69, 9.17) is 9.47 Å². The predicted octanol–water partition coefficient (Wildman–Crippen LogP) is 9.90. The number of halogens is 3. The van der Waals surface area contributed by atoms with Crippen molar-refractivity contribution in [1.29, 1.82) is 0 Å². The average molecular weight is 565 g/mol. The summed E-state index contributed by atoms with van der Waals surface area (Å²) in [6.07, 6.45) is 15.3. The van der Waals surface area contributed by atoms with E-state index < -0.39 is 18.0 Å². The Morgan fingerprint density at radius 3 is 1.48 bits per heavy atom. The maximum absolute atomic E-state index is 14.0. The van der Waals surface area contributed by atoms with Gasteiger partial charge in [0.05, 0.1) is 18.1 Å². The number of alkyl halides is 3. The highest BCUT2D eigenvalue weighted by atomic mass is 19.4. The monoisotopic (exact) mass is 564 g/mol. The fraction of sp³-hybridized carbons (Fsp3) is 0.886. The minimum Gasteiger partial charge on any atom is -0.378 e. The van der Waals surface area contributed by atoms with E-state index in [0.717, 1.165) is 83.8 Å². The van der Waals surface area contributed by atoms with Crippen LogP contribution in [0.1, 0.15) is 136 Å². The second-order valence-corrected chi connectivity index (χ2v) is 12.7. The Morgan fingerprint density at radius 2 is 1.00 bits per heavy atom. The van der Waals surface area contributed by atoms with Gasteiger partial charge in [0, 0.05) is 36.9 Å². The molecule has 228 valence electrons. The van der Waals surface area contributed by atoms with Crippen molar-refractivity contribution in [3.8, 4) is 23.7 Å². The molecule has 3 unspecified atom stereocenters. The van der Waals surface area contributed by atoms with E-state index in [2.05, 4.69) is 37.5 Å². The number of ether oxygens (including phenoxy) is 2. The molecule has 0 heterocycles. The van der Waals surface area contributed by atoms with Crippen LogP contribution in [0.3, 0.4) is 0 Å². The molecule has 0 aromatic rings. The summed E-state index contributed by atoms with van der Waals surface area (Å²) in [5.41, 5.74) is 0. The van der Waals surface area contributed by atoms with Crippen LogP contribution < -0.4 is 0 Å². The van der Waals surface area contributed by atoms with Crippen molar-refractivity contribution in [2.75, 3.05) is 13.2 Å². The first-order chi connectivity index (χ1) is 19.4. The Bertz CT molecular complexity index is 800. The molecule has 3 aliphatic carbocycles. The molecule has 0 spiro atoms. The van der Waals surface area contributed by atoms with E-state index >= 15 is 0 Å². The topological polar surface area (TPSA) is 18.5 Å². The van der Waals surface area contributed by atoms with Gasteiger partial charge in [0.15, 0.2) is 0 Å². The summed E-state index contributed by atoms with van der Waals surface area (Å²) in [5.74, 6) is 11.4. The highest BCUT2D eigenvalue weighted by Crippen LogP contribution is 2.43. The summed E-state index contributed by atoms with van der Waals surface area (Å²) in [5, 5.41) is 0. The zero-order valence-electron chi connectivity index (χ0n) is 25.3. The van der Waals surface area contributed by atoms with Gasteiger partial charge in [-0.25, -0.2) is 0 Å². The molecule has 0 saturated heterocycles. The Labute approximate surface area is 243 Å². The van der Waals surface area contributed by atoms with Crippen molar-refractivity contribution < 1.29 is 22.6 Å². The zero-order chi connectivity index (χ0) is 28.6. The molecule has 0 bridgehead atoms. The van der Waals surface area contributed by atoms with E-state index in [1.54, 1.807) is 0 Å². The second-order valence-electron chi connectivity index (χ2n) is 12.7. The summed E-state index contributed by atoms with van der Waals surface area (Å²) >= 11 is 0. The molecule has 0 aromatic heterocycles. The number of rotatable bonds is 12. The molecule has 0 N–H and O–H groups in total. The molecule has 0 amide bonds. The average Bonchev–Trinajstić information content (AvgIpc) is 2.96. The van der Waals surface area contributed by atoms with Gasteiger partial charge in [0.2, 0.25) is 0 Å². The molecule has 0 aromatic carbocycles. The minimum atomic E-state index is -4.21. The lowest BCUT2D eigenvalue weighted by atomic mass is 9.73.